The van der Waals surface area contributed by atoms with Crippen LogP contribution in [0.5, 0.6) is 0 Å². The van der Waals surface area contributed by atoms with Gasteiger partial charge in [-0.2, -0.15) is 0 Å². The van der Waals surface area contributed by atoms with Crippen LogP contribution in [0.3, 0.4) is 0 Å². The third kappa shape index (κ3) is 287. The van der Waals surface area contributed by atoms with Gasteiger partial charge in [-0.15, -0.1) is 0 Å². The Bertz CT molecular complexity index is 25.5. The minimum atomic E-state index is 0. The molecule has 17 heavy (non-hydrogen) atoms. The molecule has 0 rings (SSSR count). The number of hydrogen-bond donors (Lipinski definition) is 0. The van der Waals surface area contributed by atoms with Gasteiger partial charge in [-0.25, -0.2) is 0 Å². The van der Waals surface area contributed by atoms with Crippen molar-refractivity contribution in [3.05, 3.63) is 65.3 Å². The molecule has 109 valence electrons. The van der Waals surface area contributed by atoms with E-state index < -0.39 is 0 Å². The number of rotatable bonds is 0. The summed E-state index contributed by atoms with van der Waals surface area (Å²) in [6, 6.07) is 0. The molecule has 1 radical (unpaired) electrons. The van der Waals surface area contributed by atoms with Gasteiger partial charge in [0.2, 0.25) is 0 Å². The van der Waals surface area contributed by atoms with Crippen LogP contribution in [0.1, 0.15) is 0 Å². The molecule has 0 aliphatic rings. The molecule has 0 aromatic rings. The van der Waals surface area contributed by atoms with E-state index in [2.05, 4.69) is 20.8 Å². The Hall–Kier alpha value is 5.23. The van der Waals surface area contributed by atoms with Gasteiger partial charge in [0.15, 0.2) is 0 Å². The molecule has 0 bridgehead atoms. The van der Waals surface area contributed by atoms with Crippen molar-refractivity contribution >= 4 is 0 Å². The SMILES string of the molecule is [CH2-]C([CH2-])[CH2-].[CH3-].[CH3-].[CH3-].[CH3-].[CH3-].[CH3-].[W+2].[W+2].[W].[W].[W].[W].[Y]. The van der Waals surface area contributed by atoms with Crippen LogP contribution in [0.15, 0.2) is 0 Å². The second-order valence-electron chi connectivity index (χ2n) is 0.866. The van der Waals surface area contributed by atoms with E-state index in [1.54, 1.807) is 0 Å². The normalized spacial score (nSPS) is 2.12. The molecular weight excluding hydrogens is 1310 g/mol. The molecule has 0 spiro atoms. The predicted molar refractivity (Wildman–Crippen MR) is 58.0 cm³/mol. The van der Waals surface area contributed by atoms with Gasteiger partial charge >= 0.3 is 42.1 Å². The summed E-state index contributed by atoms with van der Waals surface area (Å²) in [6.45, 7) is 10.2. The monoisotopic (exact) mass is 1340 g/mol. The first kappa shape index (κ1) is 148. The third-order valence-corrected chi connectivity index (χ3v) is 0. The zero-order chi connectivity index (χ0) is 3.58. The summed E-state index contributed by atoms with van der Waals surface area (Å²) < 4.78 is 0. The van der Waals surface area contributed by atoms with E-state index in [1.807, 2.05) is 0 Å². The maximum absolute atomic E-state index is 3.42. The molecular formula is C10H25W6Y-5. The largest absolute Gasteiger partial charge is 2.00 e. The Morgan fingerprint density at radius 1 is 0.471 bits per heavy atom. The van der Waals surface area contributed by atoms with Crippen LogP contribution in [-0.2, 0) is 159 Å². The first-order valence-corrected chi connectivity index (χ1v) is 1.22. The van der Waals surface area contributed by atoms with Gasteiger partial charge < -0.3 is 71.2 Å². The fraction of sp³-hybridized carbons (Fsp3) is 0.100. The van der Waals surface area contributed by atoms with E-state index in [1.165, 1.54) is 0 Å². The van der Waals surface area contributed by atoms with Gasteiger partial charge in [0.1, 0.15) is 0 Å². The summed E-state index contributed by atoms with van der Waals surface area (Å²) in [6.07, 6.45) is 0. The molecule has 0 heterocycles. The average molecular weight is 1340 g/mol. The Balaban J connectivity index is -0.000000000577. The zero-order valence-electron chi connectivity index (χ0n) is 11.7. The van der Waals surface area contributed by atoms with Gasteiger partial charge in [0.25, 0.3) is 0 Å². The summed E-state index contributed by atoms with van der Waals surface area (Å²) in [7, 11) is 0. The molecule has 0 unspecified atom stereocenters. The fourth-order valence-electron chi connectivity index (χ4n) is 0. The van der Waals surface area contributed by atoms with E-state index in [4.69, 9.17) is 0 Å². The van der Waals surface area contributed by atoms with Crippen molar-refractivity contribution in [3.8, 4) is 0 Å². The van der Waals surface area contributed by atoms with Gasteiger partial charge in [-0.3, -0.25) is 0 Å². The molecule has 0 amide bonds. The van der Waals surface area contributed by atoms with E-state index >= 15 is 0 Å². The summed E-state index contributed by atoms with van der Waals surface area (Å²) >= 11 is 0. The van der Waals surface area contributed by atoms with Crippen molar-refractivity contribution in [2.75, 3.05) is 0 Å². The summed E-state index contributed by atoms with van der Waals surface area (Å²) in [5, 5.41) is 0. The quantitative estimate of drug-likeness (QED) is 0.325. The molecule has 0 fully saturated rings. The van der Waals surface area contributed by atoms with Crippen LogP contribution in [0.25, 0.3) is 0 Å². The molecule has 0 aliphatic carbocycles. The van der Waals surface area contributed by atoms with Crippen LogP contribution in [0.2, 0.25) is 0 Å². The molecule has 0 saturated carbocycles. The topological polar surface area (TPSA) is 0 Å². The van der Waals surface area contributed by atoms with Crippen molar-refractivity contribution in [3.63, 3.8) is 0 Å². The van der Waals surface area contributed by atoms with E-state index in [0.29, 0.717) is 0 Å². The summed E-state index contributed by atoms with van der Waals surface area (Å²) in [5.41, 5.74) is 0. The molecule has 0 aliphatic heterocycles. The van der Waals surface area contributed by atoms with Crippen molar-refractivity contribution in [2.45, 2.75) is 0 Å². The second-order valence-corrected chi connectivity index (χ2v) is 0.866. The molecule has 0 saturated heterocycles. The smallest absolute Gasteiger partial charge is 0.447 e. The molecule has 0 atom stereocenters. The van der Waals surface area contributed by atoms with Gasteiger partial charge in [-0.05, 0) is 0 Å². The Morgan fingerprint density at radius 2 is 0.471 bits per heavy atom. The van der Waals surface area contributed by atoms with Crippen LogP contribution >= 0.6 is 0 Å². The average Bonchev–Trinajstić information content (AvgIpc) is 0.811. The Kier molecular flexibility index (Phi) is 1120. The van der Waals surface area contributed by atoms with Gasteiger partial charge in [-0.1, -0.05) is 0 Å². The summed E-state index contributed by atoms with van der Waals surface area (Å²) in [5.74, 6) is 0.0833. The minimum absolute atomic E-state index is 0. The molecule has 0 nitrogen and oxygen atoms in total. The molecule has 7 heteroatoms. The van der Waals surface area contributed by atoms with Gasteiger partial charge in [0.05, 0.1) is 0 Å². The third-order valence-electron chi connectivity index (χ3n) is 0. The minimum Gasteiger partial charge on any atom is -0.447 e. The fourth-order valence-corrected chi connectivity index (χ4v) is 0. The van der Waals surface area contributed by atoms with Crippen LogP contribution in [0, 0.1) is 71.2 Å². The first-order valence-electron chi connectivity index (χ1n) is 1.22. The first-order chi connectivity index (χ1) is 1.73. The zero-order valence-corrected chi connectivity index (χ0v) is 32.2. The van der Waals surface area contributed by atoms with E-state index in [-0.39, 0.29) is 210 Å². The van der Waals surface area contributed by atoms with Crippen molar-refractivity contribution in [1.82, 2.24) is 0 Å². The number of hydrogen-bond acceptors (Lipinski definition) is 0. The summed E-state index contributed by atoms with van der Waals surface area (Å²) in [4.78, 5) is 0. The Labute approximate surface area is 226 Å². The molecule has 0 aromatic carbocycles. The van der Waals surface area contributed by atoms with E-state index in [9.17, 15) is 0 Å². The standard InChI is InChI=1S/C4H7.6CH3.6W.Y/c1-4(2)3;;;;;;;;;;;;;/h4H,1-3H2;6*1H3;;;;;;;/q-3;6*-1;;;;;2*+2;. The van der Waals surface area contributed by atoms with Gasteiger partial charge in [0, 0.05) is 117 Å². The molecule has 0 aromatic heterocycles. The van der Waals surface area contributed by atoms with E-state index in [0.717, 1.165) is 0 Å². The van der Waals surface area contributed by atoms with Crippen molar-refractivity contribution in [2.24, 2.45) is 5.92 Å². The van der Waals surface area contributed by atoms with Crippen LogP contribution < -0.4 is 0 Å². The Morgan fingerprint density at radius 3 is 0.471 bits per heavy atom. The van der Waals surface area contributed by atoms with Crippen LogP contribution in [-0.4, -0.2) is 0 Å². The predicted octanol–water partition coefficient (Wildman–Crippen LogP) is 3.79. The van der Waals surface area contributed by atoms with Crippen LogP contribution in [0.4, 0.5) is 0 Å². The van der Waals surface area contributed by atoms with Crippen molar-refractivity contribution in [1.29, 1.82) is 0 Å². The molecule has 0 N–H and O–H groups in total. The van der Waals surface area contributed by atoms with Crippen molar-refractivity contribution < 1.29 is 159 Å². The second kappa shape index (κ2) is 128. The maximum Gasteiger partial charge on any atom is 2.00 e. The maximum atomic E-state index is 3.42.